The Bertz CT molecular complexity index is 799. The molecule has 0 N–H and O–H groups in total. The highest BCUT2D eigenvalue weighted by Gasteiger charge is 2.13. The van der Waals surface area contributed by atoms with E-state index in [0.29, 0.717) is 11.0 Å². The van der Waals surface area contributed by atoms with Crippen molar-refractivity contribution in [3.63, 3.8) is 0 Å². The summed E-state index contributed by atoms with van der Waals surface area (Å²) < 4.78 is 0.781. The molecule has 2 aromatic heterocycles. The number of nitrogens with zero attached hydrogens (tertiary/aromatic N) is 3. The SMILES string of the molecule is CCCc1nc(-c2cccc3cccnc23)nc(Cl)c1Br. The van der Waals surface area contributed by atoms with E-state index in [1.807, 2.05) is 30.3 Å². The Kier molecular flexibility index (Phi) is 4.17. The smallest absolute Gasteiger partial charge is 0.163 e. The lowest BCUT2D eigenvalue weighted by atomic mass is 10.1. The molecule has 0 aliphatic heterocycles. The van der Waals surface area contributed by atoms with Crippen molar-refractivity contribution < 1.29 is 0 Å². The molecule has 0 atom stereocenters. The van der Waals surface area contributed by atoms with Gasteiger partial charge in [0.15, 0.2) is 5.82 Å². The predicted molar refractivity (Wildman–Crippen MR) is 89.5 cm³/mol. The van der Waals surface area contributed by atoms with Crippen molar-refractivity contribution in [3.8, 4) is 11.4 Å². The molecular weight excluding hydrogens is 350 g/mol. The zero-order valence-electron chi connectivity index (χ0n) is 11.5. The van der Waals surface area contributed by atoms with Crippen LogP contribution in [-0.2, 0) is 6.42 Å². The number of rotatable bonds is 3. The first-order valence-electron chi connectivity index (χ1n) is 6.76. The van der Waals surface area contributed by atoms with Crippen LogP contribution in [0.3, 0.4) is 0 Å². The number of halogens is 2. The van der Waals surface area contributed by atoms with Gasteiger partial charge >= 0.3 is 0 Å². The van der Waals surface area contributed by atoms with Gasteiger partial charge in [-0.25, -0.2) is 9.97 Å². The number of para-hydroxylation sites is 1. The normalized spacial score (nSPS) is 11.0. The topological polar surface area (TPSA) is 38.7 Å². The Morgan fingerprint density at radius 2 is 1.95 bits per heavy atom. The van der Waals surface area contributed by atoms with Gasteiger partial charge in [-0.15, -0.1) is 0 Å². The van der Waals surface area contributed by atoms with E-state index in [9.17, 15) is 0 Å². The largest absolute Gasteiger partial charge is 0.255 e. The molecule has 0 aliphatic carbocycles. The van der Waals surface area contributed by atoms with E-state index in [1.54, 1.807) is 6.20 Å². The molecule has 3 aromatic rings. The average Bonchev–Trinajstić information content (AvgIpc) is 2.51. The highest BCUT2D eigenvalue weighted by Crippen LogP contribution is 2.30. The molecule has 0 aliphatic rings. The third-order valence-electron chi connectivity index (χ3n) is 3.24. The molecule has 0 unspecified atom stereocenters. The number of pyridine rings is 1. The zero-order valence-corrected chi connectivity index (χ0v) is 13.8. The van der Waals surface area contributed by atoms with E-state index in [4.69, 9.17) is 11.6 Å². The Morgan fingerprint density at radius 1 is 1.14 bits per heavy atom. The van der Waals surface area contributed by atoms with Gasteiger partial charge in [0.25, 0.3) is 0 Å². The summed E-state index contributed by atoms with van der Waals surface area (Å²) in [4.78, 5) is 13.5. The van der Waals surface area contributed by atoms with Gasteiger partial charge in [-0.2, -0.15) is 0 Å². The van der Waals surface area contributed by atoms with Crippen molar-refractivity contribution in [2.24, 2.45) is 0 Å². The highest BCUT2D eigenvalue weighted by molar-refractivity contribution is 9.10. The van der Waals surface area contributed by atoms with Crippen molar-refractivity contribution in [2.75, 3.05) is 0 Å². The standard InChI is InChI=1S/C16H13BrClN3/c1-2-5-12-13(17)15(18)21-16(20-12)11-8-3-6-10-7-4-9-19-14(10)11/h3-4,6-9H,2,5H2,1H3. The van der Waals surface area contributed by atoms with Crippen LogP contribution in [0.5, 0.6) is 0 Å². The van der Waals surface area contributed by atoms with Crippen molar-refractivity contribution >= 4 is 38.4 Å². The van der Waals surface area contributed by atoms with Crippen molar-refractivity contribution in [3.05, 3.63) is 51.8 Å². The summed E-state index contributed by atoms with van der Waals surface area (Å²) in [6.07, 6.45) is 3.63. The molecule has 0 amide bonds. The summed E-state index contributed by atoms with van der Waals surface area (Å²) in [5.74, 6) is 0.621. The van der Waals surface area contributed by atoms with Gasteiger partial charge in [0.1, 0.15) is 5.15 Å². The Morgan fingerprint density at radius 3 is 2.76 bits per heavy atom. The Labute approximate surface area is 136 Å². The molecule has 21 heavy (non-hydrogen) atoms. The van der Waals surface area contributed by atoms with Crippen LogP contribution < -0.4 is 0 Å². The highest BCUT2D eigenvalue weighted by atomic mass is 79.9. The zero-order chi connectivity index (χ0) is 14.8. The third-order valence-corrected chi connectivity index (χ3v) is 4.57. The van der Waals surface area contributed by atoms with Crippen LogP contribution in [0.15, 0.2) is 41.0 Å². The maximum absolute atomic E-state index is 6.24. The molecule has 0 saturated heterocycles. The predicted octanol–water partition coefficient (Wildman–Crippen LogP) is 5.06. The summed E-state index contributed by atoms with van der Waals surface area (Å²) in [6.45, 7) is 2.11. The number of fused-ring (bicyclic) bond motifs is 1. The van der Waals surface area contributed by atoms with Gasteiger partial charge < -0.3 is 0 Å². The fraction of sp³-hybridized carbons (Fsp3) is 0.188. The molecule has 0 spiro atoms. The summed E-state index contributed by atoms with van der Waals surface area (Å²) in [7, 11) is 0. The van der Waals surface area contributed by atoms with Gasteiger partial charge in [-0.05, 0) is 34.5 Å². The summed E-state index contributed by atoms with van der Waals surface area (Å²) >= 11 is 9.70. The molecule has 0 bridgehead atoms. The molecule has 3 nitrogen and oxygen atoms in total. The van der Waals surface area contributed by atoms with Crippen molar-refractivity contribution in [2.45, 2.75) is 19.8 Å². The Hall–Kier alpha value is -1.52. The van der Waals surface area contributed by atoms with Crippen LogP contribution >= 0.6 is 27.5 Å². The first-order chi connectivity index (χ1) is 10.2. The van der Waals surface area contributed by atoms with Crippen molar-refractivity contribution in [1.29, 1.82) is 0 Å². The van der Waals surface area contributed by atoms with Crippen LogP contribution in [0, 0.1) is 0 Å². The monoisotopic (exact) mass is 361 g/mol. The van der Waals surface area contributed by atoms with E-state index < -0.39 is 0 Å². The molecule has 3 rings (SSSR count). The molecule has 0 radical (unpaired) electrons. The van der Waals surface area contributed by atoms with Crippen LogP contribution in [0.2, 0.25) is 5.15 Å². The van der Waals surface area contributed by atoms with Gasteiger partial charge in [-0.1, -0.05) is 43.1 Å². The second-order valence-corrected chi connectivity index (χ2v) is 5.88. The molecule has 0 saturated carbocycles. The Balaban J connectivity index is 2.23. The molecular formula is C16H13BrClN3. The minimum Gasteiger partial charge on any atom is -0.255 e. The fourth-order valence-corrected chi connectivity index (χ4v) is 2.84. The first-order valence-corrected chi connectivity index (χ1v) is 7.94. The minimum atomic E-state index is 0.441. The van der Waals surface area contributed by atoms with Gasteiger partial charge in [0.2, 0.25) is 0 Å². The van der Waals surface area contributed by atoms with E-state index in [2.05, 4.69) is 37.8 Å². The molecule has 0 fully saturated rings. The number of aromatic nitrogens is 3. The number of hydrogen-bond acceptors (Lipinski definition) is 3. The maximum Gasteiger partial charge on any atom is 0.163 e. The first kappa shape index (κ1) is 14.4. The molecule has 106 valence electrons. The van der Waals surface area contributed by atoms with Gasteiger partial charge in [0.05, 0.1) is 15.7 Å². The van der Waals surface area contributed by atoms with Crippen LogP contribution in [0.25, 0.3) is 22.3 Å². The lowest BCUT2D eigenvalue weighted by molar-refractivity contribution is 0.868. The second-order valence-electron chi connectivity index (χ2n) is 4.73. The number of benzene rings is 1. The molecule has 5 heteroatoms. The molecule has 2 heterocycles. The average molecular weight is 363 g/mol. The molecule has 1 aromatic carbocycles. The van der Waals surface area contributed by atoms with Gasteiger partial charge in [-0.3, -0.25) is 4.98 Å². The summed E-state index contributed by atoms with van der Waals surface area (Å²) in [5.41, 5.74) is 2.72. The van der Waals surface area contributed by atoms with E-state index in [-0.39, 0.29) is 0 Å². The number of aryl methyl sites for hydroxylation is 1. The van der Waals surface area contributed by atoms with E-state index in [1.165, 1.54) is 0 Å². The minimum absolute atomic E-state index is 0.441. The summed E-state index contributed by atoms with van der Waals surface area (Å²) in [6, 6.07) is 9.94. The fourth-order valence-electron chi connectivity index (χ4n) is 2.27. The second kappa shape index (κ2) is 6.08. The maximum atomic E-state index is 6.24. The quantitative estimate of drug-likeness (QED) is 0.611. The van der Waals surface area contributed by atoms with E-state index >= 15 is 0 Å². The van der Waals surface area contributed by atoms with Crippen molar-refractivity contribution in [1.82, 2.24) is 15.0 Å². The number of hydrogen-bond donors (Lipinski definition) is 0. The lowest BCUT2D eigenvalue weighted by Gasteiger charge is -2.09. The summed E-state index contributed by atoms with van der Waals surface area (Å²) in [5, 5.41) is 1.51. The van der Waals surface area contributed by atoms with Gasteiger partial charge in [0, 0.05) is 17.1 Å². The van der Waals surface area contributed by atoms with E-state index in [0.717, 1.165) is 39.5 Å². The lowest BCUT2D eigenvalue weighted by Crippen LogP contribution is -1.99. The third kappa shape index (κ3) is 2.78. The van der Waals surface area contributed by atoms with Crippen LogP contribution in [0.1, 0.15) is 19.0 Å². The van der Waals surface area contributed by atoms with Crippen LogP contribution in [0.4, 0.5) is 0 Å². The van der Waals surface area contributed by atoms with Crippen LogP contribution in [-0.4, -0.2) is 15.0 Å².